The molecule has 4 rings (SSSR count). The smallest absolute Gasteiger partial charge is 0.352 e. The maximum atomic E-state index is 13.0. The van der Waals surface area contributed by atoms with Crippen LogP contribution in [0, 0.1) is 11.8 Å². The van der Waals surface area contributed by atoms with Crippen LogP contribution in [0.4, 0.5) is 13.2 Å². The van der Waals surface area contributed by atoms with Crippen molar-refractivity contribution in [1.29, 1.82) is 0 Å². The van der Waals surface area contributed by atoms with Gasteiger partial charge < -0.3 is 15.1 Å². The molecule has 2 saturated heterocycles. The lowest BCUT2D eigenvalue weighted by Crippen LogP contribution is -2.45. The monoisotopic (exact) mass is 488 g/mol. The second-order valence-electron chi connectivity index (χ2n) is 9.05. The summed E-state index contributed by atoms with van der Waals surface area (Å²) in [6.45, 7) is 1.48. The number of nitrogens with zero attached hydrogens (tertiary/aromatic N) is 3. The first-order valence-corrected chi connectivity index (χ1v) is 11.6. The van der Waals surface area contributed by atoms with E-state index in [1.807, 2.05) is 6.07 Å². The molecular formula is C25H27F3N4O3. The van der Waals surface area contributed by atoms with Crippen LogP contribution < -0.4 is 5.32 Å². The minimum atomic E-state index is -4.45. The van der Waals surface area contributed by atoms with Crippen molar-refractivity contribution in [3.05, 3.63) is 65.5 Å². The number of halogens is 3. The number of pyridine rings is 1. The number of rotatable bonds is 6. The van der Waals surface area contributed by atoms with Crippen LogP contribution >= 0.6 is 0 Å². The van der Waals surface area contributed by atoms with E-state index in [1.165, 1.54) is 11.0 Å². The molecule has 186 valence electrons. The fourth-order valence-corrected chi connectivity index (χ4v) is 4.61. The number of aromatic nitrogens is 1. The third-order valence-corrected chi connectivity index (χ3v) is 6.56. The lowest BCUT2D eigenvalue weighted by Gasteiger charge is -2.33. The summed E-state index contributed by atoms with van der Waals surface area (Å²) in [5, 5.41) is 2.91. The first-order chi connectivity index (χ1) is 16.7. The molecule has 1 unspecified atom stereocenters. The Hall–Kier alpha value is -3.43. The molecule has 3 amide bonds. The number of nitrogens with one attached hydrogen (secondary N) is 1. The van der Waals surface area contributed by atoms with Crippen LogP contribution in [0.1, 0.15) is 36.0 Å². The van der Waals surface area contributed by atoms with Gasteiger partial charge in [-0.05, 0) is 42.2 Å². The molecule has 10 heteroatoms. The number of carbonyl (C=O) groups excluding carboxylic acids is 3. The number of carbonyl (C=O) groups is 3. The third-order valence-electron chi connectivity index (χ3n) is 6.56. The fourth-order valence-electron chi connectivity index (χ4n) is 4.61. The van der Waals surface area contributed by atoms with Crippen LogP contribution in [0.2, 0.25) is 0 Å². The maximum Gasteiger partial charge on any atom is 0.416 e. The number of piperidine rings is 1. The molecule has 0 radical (unpaired) electrons. The Balaban J connectivity index is 1.26. The zero-order valence-corrected chi connectivity index (χ0v) is 19.1. The molecular weight excluding hydrogens is 461 g/mol. The number of alkyl halides is 3. The van der Waals surface area contributed by atoms with E-state index in [1.54, 1.807) is 29.4 Å². The summed E-state index contributed by atoms with van der Waals surface area (Å²) in [4.78, 5) is 45.1. The average Bonchev–Trinajstić information content (AvgIpc) is 3.22. The van der Waals surface area contributed by atoms with Gasteiger partial charge in [0.15, 0.2) is 0 Å². The van der Waals surface area contributed by atoms with Crippen molar-refractivity contribution >= 4 is 17.7 Å². The Morgan fingerprint density at radius 2 is 1.80 bits per heavy atom. The van der Waals surface area contributed by atoms with Gasteiger partial charge in [0.2, 0.25) is 17.7 Å². The number of hydrogen-bond acceptors (Lipinski definition) is 4. The van der Waals surface area contributed by atoms with Crippen molar-refractivity contribution in [1.82, 2.24) is 20.1 Å². The molecule has 1 aromatic carbocycles. The minimum absolute atomic E-state index is 0.0334. The summed E-state index contributed by atoms with van der Waals surface area (Å²) >= 11 is 0. The van der Waals surface area contributed by atoms with Gasteiger partial charge in [-0.2, -0.15) is 13.2 Å². The molecule has 1 aromatic heterocycles. The Labute approximate surface area is 201 Å². The van der Waals surface area contributed by atoms with Crippen LogP contribution in [0.5, 0.6) is 0 Å². The highest BCUT2D eigenvalue weighted by Crippen LogP contribution is 2.31. The number of amides is 3. The van der Waals surface area contributed by atoms with Crippen LogP contribution in [0.3, 0.4) is 0 Å². The Kier molecular flexibility index (Phi) is 7.37. The van der Waals surface area contributed by atoms with Crippen molar-refractivity contribution in [3.63, 3.8) is 0 Å². The Morgan fingerprint density at radius 1 is 1.06 bits per heavy atom. The fraction of sp³-hybridized carbons (Fsp3) is 0.440. The topological polar surface area (TPSA) is 82.6 Å². The highest BCUT2D eigenvalue weighted by molar-refractivity contribution is 5.89. The van der Waals surface area contributed by atoms with E-state index < -0.39 is 17.7 Å². The standard InChI is InChI=1S/C25H27F3N4O3/c26-25(27,28)21-5-1-3-17(11-21)15-32-16-20(12-22(32)33)24(35)31-9-6-19(7-10-31)23(34)30-14-18-4-2-8-29-13-18/h1-5,8,11,13,19-20H,6-7,9-10,12,14-16H2,(H,30,34). The van der Waals surface area contributed by atoms with E-state index in [0.717, 1.165) is 17.7 Å². The normalized spacial score (nSPS) is 19.2. The molecule has 2 fully saturated rings. The first-order valence-electron chi connectivity index (χ1n) is 11.6. The zero-order valence-electron chi connectivity index (χ0n) is 19.1. The second-order valence-corrected chi connectivity index (χ2v) is 9.05. The summed E-state index contributed by atoms with van der Waals surface area (Å²) < 4.78 is 38.9. The third kappa shape index (κ3) is 6.17. The largest absolute Gasteiger partial charge is 0.416 e. The predicted octanol–water partition coefficient (Wildman–Crippen LogP) is 3.00. The number of benzene rings is 1. The molecule has 0 aliphatic carbocycles. The minimum Gasteiger partial charge on any atom is -0.352 e. The van der Waals surface area contributed by atoms with Gasteiger partial charge in [0, 0.05) is 57.5 Å². The molecule has 1 N–H and O–H groups in total. The summed E-state index contributed by atoms with van der Waals surface area (Å²) in [5.74, 6) is -1.14. The maximum absolute atomic E-state index is 13.0. The van der Waals surface area contributed by atoms with Crippen molar-refractivity contribution in [2.75, 3.05) is 19.6 Å². The quantitative estimate of drug-likeness (QED) is 0.678. The van der Waals surface area contributed by atoms with Gasteiger partial charge in [-0.15, -0.1) is 0 Å². The van der Waals surface area contributed by atoms with E-state index in [4.69, 9.17) is 0 Å². The summed E-state index contributed by atoms with van der Waals surface area (Å²) in [6, 6.07) is 8.57. The highest BCUT2D eigenvalue weighted by atomic mass is 19.4. The molecule has 2 aliphatic rings. The van der Waals surface area contributed by atoms with Crippen LogP contribution in [0.15, 0.2) is 48.8 Å². The lowest BCUT2D eigenvalue weighted by atomic mass is 9.94. The molecule has 1 atom stereocenters. The summed E-state index contributed by atoms with van der Waals surface area (Å²) in [6.07, 6.45) is 0.0361. The van der Waals surface area contributed by atoms with Crippen LogP contribution in [0.25, 0.3) is 0 Å². The van der Waals surface area contributed by atoms with Crippen molar-refractivity contribution in [2.45, 2.75) is 38.5 Å². The van der Waals surface area contributed by atoms with E-state index in [2.05, 4.69) is 10.3 Å². The van der Waals surface area contributed by atoms with Gasteiger partial charge in [0.1, 0.15) is 0 Å². The van der Waals surface area contributed by atoms with Crippen LogP contribution in [-0.4, -0.2) is 52.1 Å². The zero-order chi connectivity index (χ0) is 25.0. The molecule has 2 aliphatic heterocycles. The lowest BCUT2D eigenvalue weighted by molar-refractivity contribution is -0.139. The van der Waals surface area contributed by atoms with Gasteiger partial charge in [-0.25, -0.2) is 0 Å². The van der Waals surface area contributed by atoms with E-state index in [0.29, 0.717) is 38.0 Å². The molecule has 0 bridgehead atoms. The molecule has 3 heterocycles. The number of hydrogen-bond donors (Lipinski definition) is 1. The Bertz CT molecular complexity index is 1070. The molecule has 0 saturated carbocycles. The van der Waals surface area contributed by atoms with Crippen LogP contribution in [-0.2, 0) is 33.6 Å². The molecule has 0 spiro atoms. The van der Waals surface area contributed by atoms with Crippen molar-refractivity contribution in [2.24, 2.45) is 11.8 Å². The molecule has 2 aromatic rings. The van der Waals surface area contributed by atoms with Gasteiger partial charge >= 0.3 is 6.18 Å². The van der Waals surface area contributed by atoms with Gasteiger partial charge in [-0.3, -0.25) is 19.4 Å². The van der Waals surface area contributed by atoms with Crippen molar-refractivity contribution < 1.29 is 27.6 Å². The average molecular weight is 489 g/mol. The summed E-state index contributed by atoms with van der Waals surface area (Å²) in [7, 11) is 0. The number of likely N-dealkylation sites (tertiary alicyclic amines) is 2. The molecule has 35 heavy (non-hydrogen) atoms. The summed E-state index contributed by atoms with van der Waals surface area (Å²) in [5.41, 5.74) is 0.523. The predicted molar refractivity (Wildman–Crippen MR) is 120 cm³/mol. The van der Waals surface area contributed by atoms with E-state index in [9.17, 15) is 27.6 Å². The van der Waals surface area contributed by atoms with E-state index >= 15 is 0 Å². The first kappa shape index (κ1) is 24.7. The van der Waals surface area contributed by atoms with Gasteiger partial charge in [0.25, 0.3) is 0 Å². The van der Waals surface area contributed by atoms with Crippen molar-refractivity contribution in [3.8, 4) is 0 Å². The van der Waals surface area contributed by atoms with Gasteiger partial charge in [-0.1, -0.05) is 18.2 Å². The molecule has 7 nitrogen and oxygen atoms in total. The van der Waals surface area contributed by atoms with Gasteiger partial charge in [0.05, 0.1) is 11.5 Å². The highest BCUT2D eigenvalue weighted by Gasteiger charge is 2.38. The Morgan fingerprint density at radius 3 is 2.49 bits per heavy atom. The SMILES string of the molecule is O=C(NCc1cccnc1)C1CCN(C(=O)C2CC(=O)N(Cc3cccc(C(F)(F)F)c3)C2)CC1. The van der Waals surface area contributed by atoms with E-state index in [-0.39, 0.29) is 43.1 Å². The second kappa shape index (κ2) is 10.5.